The Morgan fingerprint density at radius 1 is 1.32 bits per heavy atom. The molecule has 1 atom stereocenters. The Hall–Kier alpha value is -0.730. The number of nitrogens with one attached hydrogen (secondary N) is 1. The van der Waals surface area contributed by atoms with E-state index in [1.165, 1.54) is 0 Å². The summed E-state index contributed by atoms with van der Waals surface area (Å²) in [6.45, 7) is 7.48. The van der Waals surface area contributed by atoms with Gasteiger partial charge < -0.3 is 5.32 Å². The molecule has 1 unspecified atom stereocenters. The second kappa shape index (κ2) is 7.48. The van der Waals surface area contributed by atoms with Gasteiger partial charge in [0, 0.05) is 24.5 Å². The van der Waals surface area contributed by atoms with Crippen LogP contribution in [0.5, 0.6) is 0 Å². The highest BCUT2D eigenvalue weighted by molar-refractivity contribution is 7.89. The van der Waals surface area contributed by atoms with Crippen molar-refractivity contribution in [3.8, 4) is 0 Å². The number of benzene rings is 1. The van der Waals surface area contributed by atoms with Gasteiger partial charge in [0.25, 0.3) is 0 Å². The topological polar surface area (TPSA) is 62.3 Å². The van der Waals surface area contributed by atoms with E-state index < -0.39 is 10.0 Å². The number of likely N-dealkylation sites (N-methyl/N-ethyl adjacent to an activating group) is 1. The van der Waals surface area contributed by atoms with Crippen molar-refractivity contribution in [3.63, 3.8) is 0 Å². The van der Waals surface area contributed by atoms with E-state index in [-0.39, 0.29) is 23.9 Å². The van der Waals surface area contributed by atoms with Gasteiger partial charge in [0.1, 0.15) is 0 Å². The third-order valence-electron chi connectivity index (χ3n) is 4.43. The molecule has 0 amide bonds. The first-order valence-corrected chi connectivity index (χ1v) is 10.6. The van der Waals surface area contributed by atoms with Gasteiger partial charge in [0.15, 0.2) is 0 Å². The van der Waals surface area contributed by atoms with Crippen LogP contribution in [0, 0.1) is 0 Å². The molecule has 2 aromatic rings. The van der Waals surface area contributed by atoms with Crippen LogP contribution in [0.1, 0.15) is 38.6 Å². The molecule has 0 saturated carbocycles. The minimum absolute atomic E-state index is 0. The summed E-state index contributed by atoms with van der Waals surface area (Å²) < 4.78 is 28.5. The molecule has 8 heteroatoms. The van der Waals surface area contributed by atoms with Crippen LogP contribution in [0.15, 0.2) is 23.1 Å². The summed E-state index contributed by atoms with van der Waals surface area (Å²) in [7, 11) is -1.56. The zero-order valence-electron chi connectivity index (χ0n) is 15.1. The fourth-order valence-electron chi connectivity index (χ4n) is 2.93. The molecule has 140 valence electrons. The molecule has 1 aromatic carbocycles. The number of hydrogen-bond acceptors (Lipinski definition) is 5. The first-order chi connectivity index (χ1) is 11.2. The zero-order valence-corrected chi connectivity index (χ0v) is 17.5. The van der Waals surface area contributed by atoms with Gasteiger partial charge in [-0.25, -0.2) is 13.4 Å². The number of sulfonamides is 1. The minimum atomic E-state index is -3.45. The van der Waals surface area contributed by atoms with Crippen LogP contribution >= 0.6 is 23.7 Å². The van der Waals surface area contributed by atoms with E-state index in [4.69, 9.17) is 0 Å². The average Bonchev–Trinajstić information content (AvgIpc) is 2.98. The van der Waals surface area contributed by atoms with E-state index >= 15 is 0 Å². The summed E-state index contributed by atoms with van der Waals surface area (Å²) in [5, 5.41) is 4.22. The van der Waals surface area contributed by atoms with Crippen LogP contribution in [-0.4, -0.2) is 43.9 Å². The summed E-state index contributed by atoms with van der Waals surface area (Å²) in [4.78, 5) is 5.02. The molecule has 1 fully saturated rings. The summed E-state index contributed by atoms with van der Waals surface area (Å²) in [5.41, 5.74) is 0.839. The number of piperidine rings is 1. The van der Waals surface area contributed by atoms with Crippen molar-refractivity contribution in [1.82, 2.24) is 14.6 Å². The summed E-state index contributed by atoms with van der Waals surface area (Å²) in [6, 6.07) is 5.52. The molecule has 1 N–H and O–H groups in total. The smallest absolute Gasteiger partial charge is 0.243 e. The third-order valence-corrected chi connectivity index (χ3v) is 7.74. The van der Waals surface area contributed by atoms with Crippen LogP contribution in [0.4, 0.5) is 0 Å². The second-order valence-electron chi connectivity index (χ2n) is 7.39. The van der Waals surface area contributed by atoms with Crippen molar-refractivity contribution >= 4 is 44.0 Å². The van der Waals surface area contributed by atoms with Crippen molar-refractivity contribution in [2.75, 3.05) is 20.1 Å². The highest BCUT2D eigenvalue weighted by atomic mass is 35.5. The van der Waals surface area contributed by atoms with Gasteiger partial charge >= 0.3 is 0 Å². The summed E-state index contributed by atoms with van der Waals surface area (Å²) in [6.07, 6.45) is 1.91. The molecule has 1 aliphatic heterocycles. The molecule has 0 bridgehead atoms. The van der Waals surface area contributed by atoms with Crippen LogP contribution in [0.25, 0.3) is 10.2 Å². The lowest BCUT2D eigenvalue weighted by Gasteiger charge is -2.31. The van der Waals surface area contributed by atoms with E-state index in [9.17, 15) is 8.42 Å². The van der Waals surface area contributed by atoms with Crippen LogP contribution in [0.3, 0.4) is 0 Å². The Balaban J connectivity index is 0.00000225. The minimum Gasteiger partial charge on any atom is -0.316 e. The first kappa shape index (κ1) is 20.6. The van der Waals surface area contributed by atoms with Gasteiger partial charge in [-0.1, -0.05) is 20.8 Å². The molecule has 0 aliphatic carbocycles. The van der Waals surface area contributed by atoms with Crippen LogP contribution in [0.2, 0.25) is 0 Å². The van der Waals surface area contributed by atoms with Crippen molar-refractivity contribution in [3.05, 3.63) is 23.2 Å². The maximum absolute atomic E-state index is 13.0. The monoisotopic (exact) mass is 403 g/mol. The fourth-order valence-corrected chi connectivity index (χ4v) is 5.62. The molecule has 1 aromatic heterocycles. The van der Waals surface area contributed by atoms with Crippen LogP contribution < -0.4 is 5.32 Å². The van der Waals surface area contributed by atoms with Crippen LogP contribution in [-0.2, 0) is 15.4 Å². The zero-order chi connectivity index (χ0) is 17.5. The highest BCUT2D eigenvalue weighted by Gasteiger charge is 2.30. The molecule has 0 spiro atoms. The van der Waals surface area contributed by atoms with Gasteiger partial charge in [-0.05, 0) is 38.1 Å². The van der Waals surface area contributed by atoms with E-state index in [0.29, 0.717) is 18.0 Å². The standard InChI is InChI=1S/C17H25N3O2S2.ClH/c1-17(2,3)16-19-14-8-7-13(10-15(14)23-16)24(21,22)20-9-5-6-12(11-20)18-4;/h7-8,10,12,18H,5-6,9,11H2,1-4H3;1H. The van der Waals surface area contributed by atoms with Crippen molar-refractivity contribution < 1.29 is 8.42 Å². The lowest BCUT2D eigenvalue weighted by molar-refractivity contribution is 0.293. The highest BCUT2D eigenvalue weighted by Crippen LogP contribution is 2.33. The normalized spacial score (nSPS) is 19.8. The van der Waals surface area contributed by atoms with Gasteiger partial charge in [0.2, 0.25) is 10.0 Å². The Labute approximate surface area is 160 Å². The quantitative estimate of drug-likeness (QED) is 0.853. The summed E-state index contributed by atoms with van der Waals surface area (Å²) >= 11 is 1.58. The molecular formula is C17H26ClN3O2S2. The number of nitrogens with zero attached hydrogens (tertiary/aromatic N) is 2. The molecule has 1 saturated heterocycles. The first-order valence-electron chi connectivity index (χ1n) is 8.30. The Kier molecular flexibility index (Phi) is 6.16. The third kappa shape index (κ3) is 4.17. The van der Waals surface area contributed by atoms with Gasteiger partial charge in [-0.2, -0.15) is 4.31 Å². The number of aromatic nitrogens is 1. The predicted octanol–water partition coefficient (Wildman–Crippen LogP) is 3.39. The van der Waals surface area contributed by atoms with E-state index in [0.717, 1.165) is 28.1 Å². The Morgan fingerprint density at radius 3 is 2.68 bits per heavy atom. The van der Waals surface area contributed by atoms with Crippen molar-refractivity contribution in [2.24, 2.45) is 0 Å². The Morgan fingerprint density at radius 2 is 2.04 bits per heavy atom. The van der Waals surface area contributed by atoms with Crippen molar-refractivity contribution in [2.45, 2.75) is 50.0 Å². The van der Waals surface area contributed by atoms with Gasteiger partial charge in [-0.15, -0.1) is 23.7 Å². The lowest BCUT2D eigenvalue weighted by Crippen LogP contribution is -2.46. The van der Waals surface area contributed by atoms with E-state index in [2.05, 4.69) is 31.1 Å². The summed E-state index contributed by atoms with van der Waals surface area (Å²) in [5.74, 6) is 0. The SMILES string of the molecule is CNC1CCCN(S(=O)(=O)c2ccc3nc(C(C)(C)C)sc3c2)C1.Cl. The molecule has 1 aliphatic rings. The average molecular weight is 404 g/mol. The fraction of sp³-hybridized carbons (Fsp3) is 0.588. The number of thiazole rings is 1. The predicted molar refractivity (Wildman–Crippen MR) is 106 cm³/mol. The van der Waals surface area contributed by atoms with Gasteiger partial charge in [0.05, 0.1) is 20.1 Å². The van der Waals surface area contributed by atoms with E-state index in [1.807, 2.05) is 13.1 Å². The number of hydrogen-bond donors (Lipinski definition) is 1. The lowest BCUT2D eigenvalue weighted by atomic mass is 9.98. The maximum atomic E-state index is 13.0. The number of rotatable bonds is 3. The molecule has 0 radical (unpaired) electrons. The number of halogens is 1. The molecule has 5 nitrogen and oxygen atoms in total. The van der Waals surface area contributed by atoms with E-state index in [1.54, 1.807) is 27.8 Å². The van der Waals surface area contributed by atoms with Crippen molar-refractivity contribution in [1.29, 1.82) is 0 Å². The second-order valence-corrected chi connectivity index (χ2v) is 10.4. The molecule has 2 heterocycles. The number of fused-ring (bicyclic) bond motifs is 1. The Bertz CT molecular complexity index is 843. The molecule has 3 rings (SSSR count). The van der Waals surface area contributed by atoms with Gasteiger partial charge in [-0.3, -0.25) is 0 Å². The maximum Gasteiger partial charge on any atom is 0.243 e. The molecular weight excluding hydrogens is 378 g/mol. The largest absolute Gasteiger partial charge is 0.316 e. The molecule has 25 heavy (non-hydrogen) atoms.